The highest BCUT2D eigenvalue weighted by Gasteiger charge is 2.52. The van der Waals surface area contributed by atoms with Gasteiger partial charge >= 0.3 is 0 Å². The summed E-state index contributed by atoms with van der Waals surface area (Å²) in [6, 6.07) is 0. The lowest BCUT2D eigenvalue weighted by Gasteiger charge is -2.45. The Balaban J connectivity index is 0.000000269. The molecule has 0 aromatic rings. The van der Waals surface area contributed by atoms with Crippen molar-refractivity contribution in [2.75, 3.05) is 37.9 Å². The van der Waals surface area contributed by atoms with Crippen LogP contribution < -0.4 is 0 Å². The van der Waals surface area contributed by atoms with Crippen molar-refractivity contribution in [1.82, 2.24) is 0 Å². The van der Waals surface area contributed by atoms with Crippen LogP contribution in [0.25, 0.3) is 0 Å². The maximum atomic E-state index is 10.5. The molecule has 4 heterocycles. The van der Waals surface area contributed by atoms with Gasteiger partial charge in [0.05, 0.1) is 23.9 Å². The van der Waals surface area contributed by atoms with Gasteiger partial charge in [-0.05, 0) is 70.1 Å². The highest BCUT2D eigenvalue weighted by Crippen LogP contribution is 2.51. The fourth-order valence-electron chi connectivity index (χ4n) is 6.84. The summed E-state index contributed by atoms with van der Waals surface area (Å²) in [7, 11) is 0. The van der Waals surface area contributed by atoms with Crippen molar-refractivity contribution in [3.8, 4) is 0 Å². The molecule has 4 saturated heterocycles. The minimum absolute atomic E-state index is 0.00292. The van der Waals surface area contributed by atoms with Gasteiger partial charge in [0.15, 0.2) is 18.4 Å². The Bertz CT molecular complexity index is 750. The van der Waals surface area contributed by atoms with Crippen LogP contribution in [0.15, 0.2) is 12.2 Å². The van der Waals surface area contributed by atoms with E-state index < -0.39 is 5.79 Å². The van der Waals surface area contributed by atoms with Gasteiger partial charge in [-0.25, -0.2) is 0 Å². The second-order valence-corrected chi connectivity index (χ2v) is 16.9. The minimum Gasteiger partial charge on any atom is -0.389 e. The van der Waals surface area contributed by atoms with E-state index in [1.807, 2.05) is 0 Å². The van der Waals surface area contributed by atoms with E-state index in [1.54, 1.807) is 0 Å². The topological polar surface area (TPSA) is 66.4 Å². The number of thioether (sulfide) groups is 2. The third-order valence-electron chi connectivity index (χ3n) is 9.49. The molecule has 5 fully saturated rings. The quantitative estimate of drug-likeness (QED) is 0.158. The number of aliphatic hydroxyl groups excluding tert-OH is 1. The normalized spacial score (nSPS) is 31.7. The molecular weight excluding hydrogens is 581 g/mol. The van der Waals surface area contributed by atoms with E-state index in [9.17, 15) is 5.11 Å². The van der Waals surface area contributed by atoms with Crippen LogP contribution in [0.5, 0.6) is 0 Å². The lowest BCUT2D eigenvalue weighted by Crippen LogP contribution is -2.50. The van der Waals surface area contributed by atoms with Gasteiger partial charge in [-0.3, -0.25) is 0 Å². The zero-order valence-electron chi connectivity index (χ0n) is 27.5. The Hall–Kier alpha value is 0.200. The summed E-state index contributed by atoms with van der Waals surface area (Å²) >= 11 is 4.24. The van der Waals surface area contributed by atoms with E-state index >= 15 is 0 Å². The van der Waals surface area contributed by atoms with Crippen LogP contribution in [-0.2, 0) is 23.7 Å². The molecule has 8 heteroatoms. The SMILES string of the molecule is C1CCC(OC2CCCCO2)OC1.CCCCCCCC(O)C=CC1CCC2(OCC(C)(C)CO2)C1CCC1SCCS1. The lowest BCUT2D eigenvalue weighted by molar-refractivity contribution is -0.316. The molecule has 0 aromatic carbocycles. The summed E-state index contributed by atoms with van der Waals surface area (Å²) in [6.45, 7) is 9.95. The van der Waals surface area contributed by atoms with Crippen LogP contribution in [0, 0.1) is 17.3 Å². The van der Waals surface area contributed by atoms with Crippen LogP contribution in [0.4, 0.5) is 0 Å². The van der Waals surface area contributed by atoms with E-state index in [-0.39, 0.29) is 24.1 Å². The minimum atomic E-state index is -0.399. The fraction of sp³-hybridized carbons (Fsp3) is 0.943. The van der Waals surface area contributed by atoms with Gasteiger partial charge in [0, 0.05) is 42.5 Å². The molecule has 5 rings (SSSR count). The molecular formula is C35H62O6S2. The standard InChI is InChI=1S/C25H44O3S2.C10H18O3/c1-4-5-6-7-8-9-21(26)11-10-20-14-15-25(27-18-24(2,3)19-28-25)22(20)12-13-23-29-16-17-30-23;1-3-7-11-9(5-1)13-10-6-2-4-8-12-10/h10-11,20-23,26H,4-9,12-19H2,1-3H3;9-10H,1-8H2. The molecule has 1 N–H and O–H groups in total. The van der Waals surface area contributed by atoms with Crippen LogP contribution in [0.2, 0.25) is 0 Å². The largest absolute Gasteiger partial charge is 0.389 e. The molecule has 0 radical (unpaired) electrons. The first kappa shape index (κ1) is 36.0. The summed E-state index contributed by atoms with van der Waals surface area (Å²) in [4.78, 5) is 0. The van der Waals surface area contributed by atoms with E-state index in [1.165, 1.54) is 69.3 Å². The molecule has 5 atom stereocenters. The van der Waals surface area contributed by atoms with Crippen molar-refractivity contribution in [3.05, 3.63) is 12.2 Å². The molecule has 250 valence electrons. The van der Waals surface area contributed by atoms with Crippen molar-refractivity contribution < 1.29 is 28.8 Å². The Morgan fingerprint density at radius 3 is 2.12 bits per heavy atom. The van der Waals surface area contributed by atoms with Crippen LogP contribution >= 0.6 is 23.5 Å². The van der Waals surface area contributed by atoms with Gasteiger partial charge in [-0.1, -0.05) is 65.0 Å². The average molecular weight is 643 g/mol. The molecule has 1 aliphatic carbocycles. The summed E-state index contributed by atoms with van der Waals surface area (Å²) in [5.41, 5.74) is 0.106. The zero-order chi connectivity index (χ0) is 30.4. The van der Waals surface area contributed by atoms with E-state index in [0.29, 0.717) is 11.8 Å². The van der Waals surface area contributed by atoms with Crippen molar-refractivity contribution in [3.63, 3.8) is 0 Å². The van der Waals surface area contributed by atoms with E-state index in [4.69, 9.17) is 23.7 Å². The van der Waals surface area contributed by atoms with Gasteiger partial charge in [-0.15, -0.1) is 23.5 Å². The zero-order valence-corrected chi connectivity index (χ0v) is 29.1. The molecule has 0 aromatic heterocycles. The predicted octanol–water partition coefficient (Wildman–Crippen LogP) is 8.70. The van der Waals surface area contributed by atoms with Crippen molar-refractivity contribution in [2.45, 2.75) is 153 Å². The summed E-state index contributed by atoms with van der Waals surface area (Å²) < 4.78 is 30.3. The molecule has 5 aliphatic rings. The Kier molecular flexibility index (Phi) is 16.0. The molecule has 6 nitrogen and oxygen atoms in total. The molecule has 0 amide bonds. The second-order valence-electron chi connectivity index (χ2n) is 14.0. The highest BCUT2D eigenvalue weighted by molar-refractivity contribution is 8.20. The molecule has 1 spiro atoms. The average Bonchev–Trinajstić information content (AvgIpc) is 3.66. The maximum absolute atomic E-state index is 10.5. The van der Waals surface area contributed by atoms with E-state index in [0.717, 1.165) is 76.0 Å². The summed E-state index contributed by atoms with van der Waals surface area (Å²) in [5, 5.41) is 10.5. The van der Waals surface area contributed by atoms with Crippen molar-refractivity contribution in [2.24, 2.45) is 17.3 Å². The van der Waals surface area contributed by atoms with Crippen molar-refractivity contribution >= 4 is 23.5 Å². The van der Waals surface area contributed by atoms with Crippen molar-refractivity contribution in [1.29, 1.82) is 0 Å². The van der Waals surface area contributed by atoms with Gasteiger partial charge in [-0.2, -0.15) is 0 Å². The van der Waals surface area contributed by atoms with Gasteiger partial charge < -0.3 is 28.8 Å². The fourth-order valence-corrected chi connectivity index (χ4v) is 9.71. The summed E-state index contributed by atoms with van der Waals surface area (Å²) in [6.07, 6.45) is 22.5. The van der Waals surface area contributed by atoms with E-state index in [2.05, 4.69) is 56.4 Å². The molecule has 1 saturated carbocycles. The maximum Gasteiger partial charge on any atom is 0.171 e. The van der Waals surface area contributed by atoms with Gasteiger partial charge in [0.2, 0.25) is 0 Å². The lowest BCUT2D eigenvalue weighted by atomic mass is 9.86. The first-order valence-corrected chi connectivity index (χ1v) is 19.7. The number of ether oxygens (including phenoxy) is 5. The van der Waals surface area contributed by atoms with Crippen LogP contribution in [-0.4, -0.2) is 72.1 Å². The number of allylic oxidation sites excluding steroid dienone is 1. The number of aliphatic hydroxyl groups is 1. The third-order valence-corrected chi connectivity index (χ3v) is 12.7. The third kappa shape index (κ3) is 12.4. The number of hydrogen-bond donors (Lipinski definition) is 1. The molecule has 4 aliphatic heterocycles. The highest BCUT2D eigenvalue weighted by atomic mass is 32.2. The van der Waals surface area contributed by atoms with Crippen LogP contribution in [0.1, 0.15) is 124 Å². The molecule has 43 heavy (non-hydrogen) atoms. The first-order chi connectivity index (χ1) is 20.9. The van der Waals surface area contributed by atoms with Crippen LogP contribution in [0.3, 0.4) is 0 Å². The second kappa shape index (κ2) is 19.1. The monoisotopic (exact) mass is 642 g/mol. The molecule has 0 bridgehead atoms. The van der Waals surface area contributed by atoms with Gasteiger partial charge in [0.1, 0.15) is 0 Å². The Labute approximate surface area is 271 Å². The van der Waals surface area contributed by atoms with Gasteiger partial charge in [0.25, 0.3) is 0 Å². The number of hydrogen-bond acceptors (Lipinski definition) is 8. The summed E-state index contributed by atoms with van der Waals surface area (Å²) in [5.74, 6) is 3.05. The Morgan fingerprint density at radius 1 is 0.860 bits per heavy atom. The Morgan fingerprint density at radius 2 is 1.51 bits per heavy atom. The smallest absolute Gasteiger partial charge is 0.171 e. The predicted molar refractivity (Wildman–Crippen MR) is 179 cm³/mol. The number of unbranched alkanes of at least 4 members (excludes halogenated alkanes) is 4. The molecule has 5 unspecified atom stereocenters. The number of rotatable bonds is 13. The first-order valence-electron chi connectivity index (χ1n) is 17.7.